The van der Waals surface area contributed by atoms with Crippen molar-refractivity contribution in [2.24, 2.45) is 5.92 Å². The van der Waals surface area contributed by atoms with Gasteiger partial charge in [0.15, 0.2) is 5.13 Å². The van der Waals surface area contributed by atoms with Crippen molar-refractivity contribution in [3.63, 3.8) is 0 Å². The van der Waals surface area contributed by atoms with E-state index in [0.717, 1.165) is 24.8 Å². The number of hydrogen-bond acceptors (Lipinski definition) is 7. The van der Waals surface area contributed by atoms with E-state index in [4.69, 9.17) is 4.74 Å². The normalized spacial score (nSPS) is 15.2. The minimum atomic E-state index is -0.432. The van der Waals surface area contributed by atoms with Gasteiger partial charge in [-0.2, -0.15) is 0 Å². The second kappa shape index (κ2) is 8.74. The number of nitrogens with zero attached hydrogens (tertiary/aromatic N) is 3. The average molecular weight is 426 g/mol. The molecule has 0 spiro atoms. The first-order valence-corrected chi connectivity index (χ1v) is 10.7. The third-order valence-electron chi connectivity index (χ3n) is 5.54. The maximum Gasteiger partial charge on any atom is 0.269 e. The number of ether oxygens (including phenoxy) is 1. The quantitative estimate of drug-likeness (QED) is 0.425. The zero-order valence-electron chi connectivity index (χ0n) is 16.5. The number of nitro benzene ring substituents is 1. The number of non-ortho nitro benzene ring substituents is 1. The first kappa shape index (κ1) is 20.2. The number of nitro groups is 1. The number of anilines is 1. The molecule has 3 aromatic rings. The molecule has 156 valence electrons. The average Bonchev–Trinajstić information content (AvgIpc) is 3.40. The van der Waals surface area contributed by atoms with Crippen LogP contribution in [-0.2, 0) is 4.79 Å². The Morgan fingerprint density at radius 1 is 1.23 bits per heavy atom. The predicted octanol–water partition coefficient (Wildman–Crippen LogP) is 4.91. The van der Waals surface area contributed by atoms with E-state index in [0.29, 0.717) is 27.3 Å². The Morgan fingerprint density at radius 2 is 1.97 bits per heavy atom. The summed E-state index contributed by atoms with van der Waals surface area (Å²) in [5.41, 5.74) is 1.50. The number of benzene rings is 1. The fourth-order valence-electron chi connectivity index (χ4n) is 3.96. The van der Waals surface area contributed by atoms with Crippen LogP contribution in [0.3, 0.4) is 0 Å². The van der Waals surface area contributed by atoms with Gasteiger partial charge in [-0.05, 0) is 24.0 Å². The van der Waals surface area contributed by atoms with Gasteiger partial charge in [-0.25, -0.2) is 9.97 Å². The third-order valence-corrected chi connectivity index (χ3v) is 6.42. The first-order chi connectivity index (χ1) is 14.5. The Labute approximate surface area is 177 Å². The summed E-state index contributed by atoms with van der Waals surface area (Å²) in [5.74, 6) is 0.441. The maximum absolute atomic E-state index is 13.2. The molecular formula is C21H22N4O4S. The molecule has 1 aromatic carbocycles. The maximum atomic E-state index is 13.2. The van der Waals surface area contributed by atoms with E-state index in [1.54, 1.807) is 31.4 Å². The lowest BCUT2D eigenvalue weighted by molar-refractivity contribution is -0.384. The van der Waals surface area contributed by atoms with Gasteiger partial charge in [-0.1, -0.05) is 49.2 Å². The summed E-state index contributed by atoms with van der Waals surface area (Å²) in [5, 5.41) is 14.4. The monoisotopic (exact) mass is 426 g/mol. The number of nitrogens with one attached hydrogen (secondary N) is 1. The van der Waals surface area contributed by atoms with Crippen LogP contribution in [0.1, 0.15) is 43.6 Å². The molecule has 0 bridgehead atoms. The van der Waals surface area contributed by atoms with Crippen molar-refractivity contribution in [1.29, 1.82) is 0 Å². The molecule has 4 rings (SSSR count). The fourth-order valence-corrected chi connectivity index (χ4v) is 4.79. The van der Waals surface area contributed by atoms with Gasteiger partial charge in [-0.3, -0.25) is 14.9 Å². The van der Waals surface area contributed by atoms with E-state index < -0.39 is 4.92 Å². The summed E-state index contributed by atoms with van der Waals surface area (Å²) in [4.78, 5) is 33.2. The Balaban J connectivity index is 1.57. The fraction of sp³-hybridized carbons (Fsp3) is 0.381. The van der Waals surface area contributed by atoms with Gasteiger partial charge in [0.1, 0.15) is 10.3 Å². The van der Waals surface area contributed by atoms with Crippen molar-refractivity contribution < 1.29 is 14.5 Å². The molecule has 0 radical (unpaired) electrons. The molecule has 1 amide bonds. The van der Waals surface area contributed by atoms with Crippen LogP contribution in [0.15, 0.2) is 36.4 Å². The molecule has 1 aliphatic rings. The topological polar surface area (TPSA) is 107 Å². The number of rotatable bonds is 7. The third kappa shape index (κ3) is 4.40. The molecule has 1 aliphatic carbocycles. The van der Waals surface area contributed by atoms with Crippen LogP contribution >= 0.6 is 11.3 Å². The highest BCUT2D eigenvalue weighted by atomic mass is 32.1. The number of methoxy groups -OCH3 is 1. The van der Waals surface area contributed by atoms with Crippen molar-refractivity contribution >= 4 is 38.4 Å². The van der Waals surface area contributed by atoms with E-state index in [-0.39, 0.29) is 17.5 Å². The summed E-state index contributed by atoms with van der Waals surface area (Å²) in [6.07, 6.45) is 5.32. The minimum Gasteiger partial charge on any atom is -0.481 e. The zero-order valence-corrected chi connectivity index (χ0v) is 17.4. The standard InChI is InChI=1S/C21H22N4O4S/c1-29-18-11-10-17-20(23-18)30-21(22-17)24-19(26)16(12-13-4-2-3-5-13)14-6-8-15(9-7-14)25(27)28/h6-11,13,16H,2-5,12H2,1H3,(H,22,24,26). The Kier molecular flexibility index (Phi) is 5.89. The molecule has 30 heavy (non-hydrogen) atoms. The van der Waals surface area contributed by atoms with E-state index in [2.05, 4.69) is 15.3 Å². The molecule has 0 saturated heterocycles. The minimum absolute atomic E-state index is 0.0185. The Morgan fingerprint density at radius 3 is 2.63 bits per heavy atom. The number of aromatic nitrogens is 2. The van der Waals surface area contributed by atoms with Crippen LogP contribution in [0.25, 0.3) is 10.3 Å². The highest BCUT2D eigenvalue weighted by Crippen LogP contribution is 2.36. The van der Waals surface area contributed by atoms with Crippen molar-refractivity contribution in [1.82, 2.24) is 9.97 Å². The van der Waals surface area contributed by atoms with Gasteiger partial charge in [0.25, 0.3) is 5.69 Å². The largest absolute Gasteiger partial charge is 0.481 e. The highest BCUT2D eigenvalue weighted by Gasteiger charge is 2.28. The van der Waals surface area contributed by atoms with Gasteiger partial charge in [-0.15, -0.1) is 0 Å². The number of thiazole rings is 1. The molecule has 9 heteroatoms. The smallest absolute Gasteiger partial charge is 0.269 e. The van der Waals surface area contributed by atoms with Gasteiger partial charge in [0.2, 0.25) is 11.8 Å². The van der Waals surface area contributed by atoms with Gasteiger partial charge in [0.05, 0.1) is 18.0 Å². The molecule has 1 unspecified atom stereocenters. The molecule has 1 saturated carbocycles. The SMILES string of the molecule is COc1ccc2nc(NC(=O)C(CC3CCCC3)c3ccc([N+](=O)[O-])cc3)sc2n1. The summed E-state index contributed by atoms with van der Waals surface area (Å²) in [6, 6.07) is 9.81. The predicted molar refractivity (Wildman–Crippen MR) is 115 cm³/mol. The van der Waals surface area contributed by atoms with Crippen LogP contribution < -0.4 is 10.1 Å². The number of fused-ring (bicyclic) bond motifs is 1. The number of hydrogen-bond donors (Lipinski definition) is 1. The van der Waals surface area contributed by atoms with Crippen molar-refractivity contribution in [3.05, 3.63) is 52.1 Å². The van der Waals surface area contributed by atoms with Gasteiger partial charge < -0.3 is 10.1 Å². The second-order valence-electron chi connectivity index (χ2n) is 7.47. The van der Waals surface area contributed by atoms with Crippen LogP contribution in [-0.4, -0.2) is 27.9 Å². The lowest BCUT2D eigenvalue weighted by atomic mass is 9.87. The molecule has 2 aromatic heterocycles. The molecule has 8 nitrogen and oxygen atoms in total. The van der Waals surface area contributed by atoms with Crippen molar-refractivity contribution in [2.75, 3.05) is 12.4 Å². The summed E-state index contributed by atoms with van der Waals surface area (Å²) in [7, 11) is 1.55. The lowest BCUT2D eigenvalue weighted by Gasteiger charge is -2.20. The highest BCUT2D eigenvalue weighted by molar-refractivity contribution is 7.21. The number of carbonyl (C=O) groups excluding carboxylic acids is 1. The summed E-state index contributed by atoms with van der Waals surface area (Å²) in [6.45, 7) is 0. The molecule has 2 heterocycles. The van der Waals surface area contributed by atoms with Crippen molar-refractivity contribution in [2.45, 2.75) is 38.0 Å². The summed E-state index contributed by atoms with van der Waals surface area (Å²) < 4.78 is 5.14. The van der Waals surface area contributed by atoms with Crippen LogP contribution in [0.4, 0.5) is 10.8 Å². The van der Waals surface area contributed by atoms with Crippen molar-refractivity contribution in [3.8, 4) is 5.88 Å². The molecular weight excluding hydrogens is 404 g/mol. The lowest BCUT2D eigenvalue weighted by Crippen LogP contribution is -2.23. The Bertz CT molecular complexity index is 1060. The van der Waals surface area contributed by atoms with E-state index in [1.807, 2.05) is 0 Å². The van der Waals surface area contributed by atoms with Gasteiger partial charge >= 0.3 is 0 Å². The molecule has 1 atom stereocenters. The van der Waals surface area contributed by atoms with Crippen LogP contribution in [0, 0.1) is 16.0 Å². The summed E-state index contributed by atoms with van der Waals surface area (Å²) >= 11 is 1.29. The Hall–Kier alpha value is -3.07. The van der Waals surface area contributed by atoms with Gasteiger partial charge in [0, 0.05) is 18.2 Å². The van der Waals surface area contributed by atoms with E-state index >= 15 is 0 Å². The number of pyridine rings is 1. The van der Waals surface area contributed by atoms with Crippen LogP contribution in [0.2, 0.25) is 0 Å². The molecule has 1 fully saturated rings. The second-order valence-corrected chi connectivity index (χ2v) is 8.45. The molecule has 0 aliphatic heterocycles. The molecule has 1 N–H and O–H groups in total. The zero-order chi connectivity index (χ0) is 21.1. The van der Waals surface area contributed by atoms with E-state index in [1.165, 1.54) is 36.3 Å². The first-order valence-electron chi connectivity index (χ1n) is 9.90. The van der Waals surface area contributed by atoms with Crippen LogP contribution in [0.5, 0.6) is 5.88 Å². The number of carbonyl (C=O) groups is 1. The van der Waals surface area contributed by atoms with E-state index in [9.17, 15) is 14.9 Å². The number of amides is 1.